The van der Waals surface area contributed by atoms with Gasteiger partial charge in [-0.25, -0.2) is 13.2 Å². The van der Waals surface area contributed by atoms with Crippen molar-refractivity contribution in [1.29, 1.82) is 0 Å². The molecule has 0 amide bonds. The normalized spacial score (nSPS) is 19.6. The lowest BCUT2D eigenvalue weighted by atomic mass is 9.78. The van der Waals surface area contributed by atoms with E-state index in [9.17, 15) is 13.2 Å². The summed E-state index contributed by atoms with van der Waals surface area (Å²) in [7, 11) is 0. The van der Waals surface area contributed by atoms with E-state index in [0.29, 0.717) is 23.8 Å². The highest BCUT2D eigenvalue weighted by Crippen LogP contribution is 2.38. The maximum Gasteiger partial charge on any atom is 0.166 e. The summed E-state index contributed by atoms with van der Waals surface area (Å²) in [4.78, 5) is 0. The quantitative estimate of drug-likeness (QED) is 0.434. The van der Waals surface area contributed by atoms with Crippen LogP contribution >= 0.6 is 0 Å². The van der Waals surface area contributed by atoms with Crippen molar-refractivity contribution in [3.05, 3.63) is 70.5 Å². The minimum absolute atomic E-state index is 0.192. The summed E-state index contributed by atoms with van der Waals surface area (Å²) in [6, 6.07) is 8.39. The molecule has 3 rings (SSSR count). The van der Waals surface area contributed by atoms with E-state index in [1.807, 2.05) is 18.2 Å². The molecule has 0 aromatic heterocycles. The molecule has 2 aromatic carbocycles. The minimum atomic E-state index is -0.793. The van der Waals surface area contributed by atoms with Crippen LogP contribution in [0.3, 0.4) is 0 Å². The summed E-state index contributed by atoms with van der Waals surface area (Å²) < 4.78 is 47.8. The van der Waals surface area contributed by atoms with E-state index >= 15 is 0 Å². The molecule has 1 saturated carbocycles. The zero-order valence-corrected chi connectivity index (χ0v) is 17.2. The first-order valence-corrected chi connectivity index (χ1v) is 10.5. The van der Waals surface area contributed by atoms with Crippen LogP contribution in [0.4, 0.5) is 13.2 Å². The highest BCUT2D eigenvalue weighted by Gasteiger charge is 2.23. The molecule has 0 saturated heterocycles. The average molecular weight is 403 g/mol. The van der Waals surface area contributed by atoms with Crippen LogP contribution in [0.25, 0.3) is 6.08 Å². The fourth-order valence-corrected chi connectivity index (χ4v) is 3.92. The van der Waals surface area contributed by atoms with E-state index in [4.69, 9.17) is 4.74 Å². The van der Waals surface area contributed by atoms with Crippen molar-refractivity contribution in [3.63, 3.8) is 0 Å². The molecular formula is C25H29F3O. The summed E-state index contributed by atoms with van der Waals surface area (Å²) in [5.74, 6) is -0.696. The van der Waals surface area contributed by atoms with E-state index in [-0.39, 0.29) is 17.3 Å². The van der Waals surface area contributed by atoms with Gasteiger partial charge < -0.3 is 4.74 Å². The second kappa shape index (κ2) is 10.00. The van der Waals surface area contributed by atoms with Crippen LogP contribution in [0.5, 0.6) is 5.75 Å². The first-order valence-electron chi connectivity index (χ1n) is 10.5. The third-order valence-corrected chi connectivity index (χ3v) is 5.80. The molecule has 0 spiro atoms. The maximum absolute atomic E-state index is 14.6. The molecule has 1 aliphatic rings. The standard InChI is InChI=1S/C25H29F3O/c1-3-4-15-29-21-13-14-22(23(26)16-21)19-10-6-18(7-11-19)8-12-20-9-5-17(2)24(27)25(20)28/h5,8-9,12-14,16,18-19H,3-4,6-7,10-11,15H2,1-2H3/b12-8+. The van der Waals surface area contributed by atoms with Gasteiger partial charge >= 0.3 is 0 Å². The highest BCUT2D eigenvalue weighted by molar-refractivity contribution is 5.51. The van der Waals surface area contributed by atoms with Gasteiger partial charge in [0.1, 0.15) is 11.6 Å². The summed E-state index contributed by atoms with van der Waals surface area (Å²) in [5.41, 5.74) is 1.34. The van der Waals surface area contributed by atoms with Gasteiger partial charge in [-0.15, -0.1) is 0 Å². The van der Waals surface area contributed by atoms with Crippen molar-refractivity contribution < 1.29 is 17.9 Å². The number of aryl methyl sites for hydroxylation is 1. The first-order chi connectivity index (χ1) is 14.0. The number of rotatable bonds is 7. The number of allylic oxidation sites excluding steroid dienone is 1. The van der Waals surface area contributed by atoms with Crippen LogP contribution in [-0.2, 0) is 0 Å². The molecule has 2 aromatic rings. The summed E-state index contributed by atoms with van der Waals surface area (Å²) in [6.45, 7) is 4.25. The Bertz CT molecular complexity index is 851. The molecule has 1 fully saturated rings. The molecule has 156 valence electrons. The fraction of sp³-hybridized carbons (Fsp3) is 0.440. The van der Waals surface area contributed by atoms with Gasteiger partial charge in [-0.05, 0) is 68.1 Å². The lowest BCUT2D eigenvalue weighted by Crippen LogP contribution is -2.13. The van der Waals surface area contributed by atoms with Crippen molar-refractivity contribution in [2.75, 3.05) is 6.61 Å². The zero-order chi connectivity index (χ0) is 20.8. The van der Waals surface area contributed by atoms with Crippen LogP contribution in [0.15, 0.2) is 36.4 Å². The molecule has 0 N–H and O–H groups in total. The van der Waals surface area contributed by atoms with Gasteiger partial charge in [-0.3, -0.25) is 0 Å². The summed E-state index contributed by atoms with van der Waals surface area (Å²) >= 11 is 0. The van der Waals surface area contributed by atoms with Gasteiger partial charge in [0.2, 0.25) is 0 Å². The highest BCUT2D eigenvalue weighted by atomic mass is 19.2. The molecule has 0 bridgehead atoms. The van der Waals surface area contributed by atoms with Gasteiger partial charge in [-0.2, -0.15) is 0 Å². The Labute approximate surface area is 171 Å². The molecule has 29 heavy (non-hydrogen) atoms. The van der Waals surface area contributed by atoms with Gasteiger partial charge in [0.05, 0.1) is 6.61 Å². The van der Waals surface area contributed by atoms with Gasteiger partial charge in [0.15, 0.2) is 11.6 Å². The Balaban J connectivity index is 1.57. The molecule has 4 heteroatoms. The predicted molar refractivity (Wildman–Crippen MR) is 112 cm³/mol. The Kier molecular flexibility index (Phi) is 7.40. The van der Waals surface area contributed by atoms with Crippen LogP contribution in [-0.4, -0.2) is 6.61 Å². The van der Waals surface area contributed by atoms with Crippen molar-refractivity contribution in [1.82, 2.24) is 0 Å². The number of hydrogen-bond donors (Lipinski definition) is 0. The monoisotopic (exact) mass is 402 g/mol. The predicted octanol–water partition coefficient (Wildman–Crippen LogP) is 7.58. The van der Waals surface area contributed by atoms with E-state index in [0.717, 1.165) is 44.1 Å². The molecule has 0 unspecified atom stereocenters. The average Bonchev–Trinajstić information content (AvgIpc) is 2.72. The molecule has 0 atom stereocenters. The van der Waals surface area contributed by atoms with Crippen molar-refractivity contribution in [3.8, 4) is 5.75 Å². The van der Waals surface area contributed by atoms with E-state index in [1.54, 1.807) is 25.1 Å². The zero-order valence-electron chi connectivity index (χ0n) is 17.2. The minimum Gasteiger partial charge on any atom is -0.493 e. The van der Waals surface area contributed by atoms with Crippen molar-refractivity contribution in [2.45, 2.75) is 58.3 Å². The third-order valence-electron chi connectivity index (χ3n) is 5.80. The fourth-order valence-electron chi connectivity index (χ4n) is 3.92. The second-order valence-electron chi connectivity index (χ2n) is 7.96. The van der Waals surface area contributed by atoms with Crippen LogP contribution in [0.1, 0.15) is 68.1 Å². The SMILES string of the molecule is CCCCOc1ccc(C2CCC(/C=C/c3ccc(C)c(F)c3F)CC2)c(F)c1. The van der Waals surface area contributed by atoms with E-state index < -0.39 is 11.6 Å². The Hall–Kier alpha value is -2.23. The third kappa shape index (κ3) is 5.43. The van der Waals surface area contributed by atoms with Gasteiger partial charge in [0, 0.05) is 11.6 Å². The van der Waals surface area contributed by atoms with Crippen LogP contribution < -0.4 is 4.74 Å². The lowest BCUT2D eigenvalue weighted by Gasteiger charge is -2.27. The number of unbranched alkanes of at least 4 members (excludes halogenated alkanes) is 1. The van der Waals surface area contributed by atoms with Crippen LogP contribution in [0.2, 0.25) is 0 Å². The summed E-state index contributed by atoms with van der Waals surface area (Å²) in [5, 5.41) is 0. The largest absolute Gasteiger partial charge is 0.493 e. The Morgan fingerprint density at radius 2 is 1.76 bits per heavy atom. The Morgan fingerprint density at radius 1 is 1.00 bits per heavy atom. The summed E-state index contributed by atoms with van der Waals surface area (Å²) in [6.07, 6.45) is 9.22. The number of benzene rings is 2. The molecule has 0 heterocycles. The van der Waals surface area contributed by atoms with Crippen molar-refractivity contribution in [2.24, 2.45) is 5.92 Å². The molecule has 0 radical (unpaired) electrons. The van der Waals surface area contributed by atoms with Gasteiger partial charge in [0.25, 0.3) is 0 Å². The van der Waals surface area contributed by atoms with E-state index in [1.165, 1.54) is 6.07 Å². The van der Waals surface area contributed by atoms with Gasteiger partial charge in [-0.1, -0.05) is 43.7 Å². The maximum atomic E-state index is 14.6. The number of ether oxygens (including phenoxy) is 1. The van der Waals surface area contributed by atoms with Crippen LogP contribution in [0, 0.1) is 30.3 Å². The number of halogens is 3. The van der Waals surface area contributed by atoms with E-state index in [2.05, 4.69) is 6.92 Å². The molecule has 1 nitrogen and oxygen atoms in total. The Morgan fingerprint density at radius 3 is 2.45 bits per heavy atom. The molecule has 0 aliphatic heterocycles. The lowest BCUT2D eigenvalue weighted by molar-refractivity contribution is 0.307. The smallest absolute Gasteiger partial charge is 0.166 e. The second-order valence-corrected chi connectivity index (χ2v) is 7.96. The molecular weight excluding hydrogens is 373 g/mol. The molecule has 1 aliphatic carbocycles. The number of hydrogen-bond acceptors (Lipinski definition) is 1. The topological polar surface area (TPSA) is 9.23 Å². The first kappa shape index (κ1) is 21.5. The van der Waals surface area contributed by atoms with Crippen molar-refractivity contribution >= 4 is 6.08 Å².